The molecule has 0 radical (unpaired) electrons. The summed E-state index contributed by atoms with van der Waals surface area (Å²) >= 11 is 18.3. The average molecular weight is 651 g/mol. The van der Waals surface area contributed by atoms with E-state index in [1.165, 1.54) is 10.4 Å². The molecule has 4 aromatic carbocycles. The van der Waals surface area contributed by atoms with Crippen LogP contribution in [0, 0.1) is 0 Å². The topological polar surface area (TPSA) is 39.7 Å². The van der Waals surface area contributed by atoms with Gasteiger partial charge in [-0.25, -0.2) is 0 Å². The zero-order valence-corrected chi connectivity index (χ0v) is 28.0. The van der Waals surface area contributed by atoms with Gasteiger partial charge in [-0.1, -0.05) is 141 Å². The van der Waals surface area contributed by atoms with E-state index in [1.807, 2.05) is 48.5 Å². The van der Waals surface area contributed by atoms with Crippen LogP contribution in [0.5, 0.6) is 0 Å². The lowest BCUT2D eigenvalue weighted by Gasteiger charge is -2.43. The van der Waals surface area contributed by atoms with Crippen molar-refractivity contribution in [3.63, 3.8) is 0 Å². The summed E-state index contributed by atoms with van der Waals surface area (Å²) in [7, 11) is -2.77. The molecule has 8 heteroatoms. The van der Waals surface area contributed by atoms with E-state index in [0.717, 1.165) is 11.1 Å². The van der Waals surface area contributed by atoms with Gasteiger partial charge in [0.2, 0.25) is 0 Å². The van der Waals surface area contributed by atoms with E-state index in [4.69, 9.17) is 49.3 Å². The molecule has 1 heterocycles. The molecule has 5 rings (SSSR count). The summed E-state index contributed by atoms with van der Waals surface area (Å²) in [6.07, 6.45) is -0.843. The quantitative estimate of drug-likeness (QED) is 0.136. The molecule has 4 nitrogen and oxygen atoms in total. The molecule has 1 aliphatic heterocycles. The maximum absolute atomic E-state index is 7.27. The zero-order valence-electron chi connectivity index (χ0n) is 24.6. The van der Waals surface area contributed by atoms with Crippen molar-refractivity contribution in [1.29, 1.82) is 0 Å². The van der Waals surface area contributed by atoms with Crippen molar-refractivity contribution in [3.05, 3.63) is 130 Å². The van der Waals surface area contributed by atoms with Gasteiger partial charge >= 0.3 is 0 Å². The second-order valence-electron chi connectivity index (χ2n) is 11.9. The molecule has 0 bridgehead atoms. The van der Waals surface area contributed by atoms with E-state index >= 15 is 0 Å². The Labute approximate surface area is 271 Å². The van der Waals surface area contributed by atoms with Crippen LogP contribution in [0.25, 0.3) is 0 Å². The summed E-state index contributed by atoms with van der Waals surface area (Å²) in [5.74, 6) is 0. The molecule has 0 aromatic heterocycles. The number of benzene rings is 4. The minimum absolute atomic E-state index is 0.158. The summed E-state index contributed by atoms with van der Waals surface area (Å²) in [6.45, 7) is 7.93. The lowest BCUT2D eigenvalue weighted by Crippen LogP contribution is -2.67. The Balaban J connectivity index is 1.44. The molecule has 1 fully saturated rings. The van der Waals surface area contributed by atoms with E-state index in [0.29, 0.717) is 34.9 Å². The van der Waals surface area contributed by atoms with Gasteiger partial charge in [0.15, 0.2) is 0 Å². The van der Waals surface area contributed by atoms with E-state index in [9.17, 15) is 0 Å². The molecule has 1 aliphatic rings. The smallest absolute Gasteiger partial charge is 0.261 e. The van der Waals surface area contributed by atoms with Crippen molar-refractivity contribution in [3.8, 4) is 0 Å². The largest absolute Gasteiger partial charge is 0.405 e. The third kappa shape index (κ3) is 7.40. The maximum atomic E-state index is 7.27. The first-order valence-electron chi connectivity index (χ1n) is 14.4. The number of hydrogen-bond acceptors (Lipinski definition) is 4. The summed E-state index contributed by atoms with van der Waals surface area (Å²) in [5, 5.41) is 7.12. The van der Waals surface area contributed by atoms with Gasteiger partial charge in [0, 0.05) is 10.0 Å². The predicted molar refractivity (Wildman–Crippen MR) is 183 cm³/mol. The van der Waals surface area contributed by atoms with Gasteiger partial charge in [-0.2, -0.15) is 0 Å². The number of nitrogens with one attached hydrogen (secondary N) is 1. The molecule has 4 aromatic rings. The standard InChI is InChI=1S/C35H37Cl2NO3SSi/c1-35(2,3)43(29-16-6-4-7-17-29,30-18-8-5-9-19-30)41-24-31-32(39-22-25-12-10-14-27(36)20-25)33(34(42)38-31)40-23-26-13-11-15-28(37)21-26/h4-21,31-33H,22-24H2,1-3H3,(H,38,42). The van der Waals surface area contributed by atoms with Crippen LogP contribution in [0.3, 0.4) is 0 Å². The van der Waals surface area contributed by atoms with Gasteiger partial charge in [-0.05, 0) is 50.8 Å². The van der Waals surface area contributed by atoms with Gasteiger partial charge in [-0.3, -0.25) is 0 Å². The second kappa shape index (κ2) is 14.0. The Hall–Kier alpha value is -2.55. The summed E-state index contributed by atoms with van der Waals surface area (Å²) in [6, 6.07) is 36.4. The molecule has 1 N–H and O–H groups in total. The molecule has 224 valence electrons. The molecule has 3 unspecified atom stereocenters. The number of ether oxygens (including phenoxy) is 2. The highest BCUT2D eigenvalue weighted by atomic mass is 35.5. The zero-order chi connectivity index (χ0) is 30.5. The Morgan fingerprint density at radius 3 is 1.72 bits per heavy atom. The molecule has 1 saturated heterocycles. The van der Waals surface area contributed by atoms with E-state index < -0.39 is 14.4 Å². The van der Waals surface area contributed by atoms with Crippen LogP contribution in [-0.4, -0.2) is 38.2 Å². The van der Waals surface area contributed by atoms with Crippen LogP contribution in [-0.2, 0) is 27.1 Å². The number of hydrogen-bond donors (Lipinski definition) is 1. The maximum Gasteiger partial charge on any atom is 0.261 e. The van der Waals surface area contributed by atoms with Crippen molar-refractivity contribution in [2.24, 2.45) is 0 Å². The van der Waals surface area contributed by atoms with Crippen LogP contribution in [0.2, 0.25) is 15.1 Å². The fourth-order valence-corrected chi connectivity index (χ4v) is 11.2. The molecular weight excluding hydrogens is 613 g/mol. The van der Waals surface area contributed by atoms with Crippen molar-refractivity contribution >= 4 is 59.1 Å². The highest BCUT2D eigenvalue weighted by Gasteiger charge is 2.52. The minimum atomic E-state index is -2.77. The average Bonchev–Trinajstić information content (AvgIpc) is 3.29. The monoisotopic (exact) mass is 649 g/mol. The molecule has 0 spiro atoms. The Morgan fingerprint density at radius 2 is 1.23 bits per heavy atom. The predicted octanol–water partition coefficient (Wildman–Crippen LogP) is 7.34. The molecule has 0 saturated carbocycles. The first-order valence-corrected chi connectivity index (χ1v) is 17.5. The molecular formula is C35H37Cl2NO3SSi. The summed E-state index contributed by atoms with van der Waals surface area (Å²) in [4.78, 5) is 0.606. The minimum Gasteiger partial charge on any atom is -0.405 e. The van der Waals surface area contributed by atoms with Crippen molar-refractivity contribution in [1.82, 2.24) is 5.32 Å². The van der Waals surface area contributed by atoms with Crippen LogP contribution in [0.4, 0.5) is 0 Å². The van der Waals surface area contributed by atoms with Gasteiger partial charge in [-0.15, -0.1) is 0 Å². The van der Waals surface area contributed by atoms with E-state index in [2.05, 4.69) is 86.8 Å². The summed E-state index contributed by atoms with van der Waals surface area (Å²) < 4.78 is 20.3. The molecule has 3 atom stereocenters. The number of halogens is 2. The Kier molecular flexibility index (Phi) is 10.4. The van der Waals surface area contributed by atoms with E-state index in [-0.39, 0.29) is 17.2 Å². The van der Waals surface area contributed by atoms with Gasteiger partial charge in [0.05, 0.1) is 25.9 Å². The van der Waals surface area contributed by atoms with Gasteiger partial charge in [0.1, 0.15) is 17.2 Å². The van der Waals surface area contributed by atoms with Gasteiger partial charge in [0.25, 0.3) is 8.32 Å². The third-order valence-corrected chi connectivity index (χ3v) is 13.7. The normalized spacial score (nSPS) is 18.9. The van der Waals surface area contributed by atoms with Crippen LogP contribution in [0.15, 0.2) is 109 Å². The van der Waals surface area contributed by atoms with Gasteiger partial charge < -0.3 is 19.2 Å². The summed E-state index contributed by atoms with van der Waals surface area (Å²) in [5.41, 5.74) is 1.95. The van der Waals surface area contributed by atoms with Crippen molar-refractivity contribution in [2.75, 3.05) is 6.61 Å². The lowest BCUT2D eigenvalue weighted by molar-refractivity contribution is -0.0608. The first-order chi connectivity index (χ1) is 20.7. The lowest BCUT2D eigenvalue weighted by atomic mass is 10.1. The van der Waals surface area contributed by atoms with Crippen LogP contribution >= 0.6 is 35.4 Å². The Bertz CT molecular complexity index is 1480. The van der Waals surface area contributed by atoms with E-state index in [1.54, 1.807) is 0 Å². The molecule has 0 amide bonds. The van der Waals surface area contributed by atoms with Crippen LogP contribution < -0.4 is 15.7 Å². The second-order valence-corrected chi connectivity index (χ2v) is 17.5. The Morgan fingerprint density at radius 1 is 0.721 bits per heavy atom. The fraction of sp³-hybridized carbons (Fsp3) is 0.286. The fourth-order valence-electron chi connectivity index (χ4n) is 5.83. The van der Waals surface area contributed by atoms with Crippen molar-refractivity contribution in [2.45, 2.75) is 57.3 Å². The highest BCUT2D eigenvalue weighted by Crippen LogP contribution is 2.37. The first kappa shape index (κ1) is 31.9. The molecule has 0 aliphatic carbocycles. The molecule has 43 heavy (non-hydrogen) atoms. The highest BCUT2D eigenvalue weighted by molar-refractivity contribution is 7.80. The number of thiocarbonyl (C=S) groups is 1. The SMILES string of the molecule is CC(C)(C)[Si](OCC1NC(=S)C(OCc2cccc(Cl)c2)C1OCc1cccc(Cl)c1)(c1ccccc1)c1ccccc1. The third-order valence-electron chi connectivity index (χ3n) is 7.83. The number of rotatable bonds is 11. The van der Waals surface area contributed by atoms with Crippen LogP contribution in [0.1, 0.15) is 31.9 Å². The van der Waals surface area contributed by atoms with Crippen molar-refractivity contribution < 1.29 is 13.9 Å².